The Hall–Kier alpha value is -2.19. The van der Waals surface area contributed by atoms with Crippen molar-refractivity contribution in [3.8, 4) is 0 Å². The first-order chi connectivity index (χ1) is 9.51. The Balaban J connectivity index is 3.18. The molecule has 0 atom stereocenters. The zero-order chi connectivity index (χ0) is 15.1. The van der Waals surface area contributed by atoms with Crippen molar-refractivity contribution in [1.29, 1.82) is 0 Å². The van der Waals surface area contributed by atoms with Crippen LogP contribution in [0, 0.1) is 10.1 Å². The van der Waals surface area contributed by atoms with Crippen LogP contribution in [0.25, 0.3) is 0 Å². The number of anilines is 1. The largest absolute Gasteiger partial charge is 0.395 e. The first-order valence-corrected chi connectivity index (χ1v) is 5.94. The second kappa shape index (κ2) is 7.41. The van der Waals surface area contributed by atoms with Crippen LogP contribution in [0.2, 0.25) is 0 Å². The number of nitro groups is 1. The number of carbonyl (C=O) groups excluding carboxylic acids is 1. The predicted molar refractivity (Wildman–Crippen MR) is 72.8 cm³/mol. The molecule has 0 aliphatic heterocycles. The minimum absolute atomic E-state index is 0.0659. The minimum Gasteiger partial charge on any atom is -0.395 e. The Bertz CT molecular complexity index is 492. The average molecular weight is 283 g/mol. The maximum atomic E-state index is 11.1. The van der Waals surface area contributed by atoms with Gasteiger partial charge < -0.3 is 20.5 Å². The Morgan fingerprint density at radius 3 is 2.70 bits per heavy atom. The molecule has 1 rings (SSSR count). The van der Waals surface area contributed by atoms with Gasteiger partial charge in [0.25, 0.3) is 5.69 Å². The van der Waals surface area contributed by atoms with Gasteiger partial charge in [-0.05, 0) is 12.1 Å². The number of nitrogens with two attached hydrogens (primary N) is 1. The van der Waals surface area contributed by atoms with E-state index >= 15 is 0 Å². The zero-order valence-electron chi connectivity index (χ0n) is 11.1. The molecule has 0 heterocycles. The Morgan fingerprint density at radius 1 is 1.50 bits per heavy atom. The Kier molecular flexibility index (Phi) is 5.88. The van der Waals surface area contributed by atoms with Crippen molar-refractivity contribution >= 4 is 17.3 Å². The van der Waals surface area contributed by atoms with E-state index in [-0.39, 0.29) is 24.4 Å². The standard InChI is InChI=1S/C12H17N3O5/c1-20-7-5-14(4-6-16)10-3-2-9(12(13)17)8-11(10)15(18)19/h2-3,8,16H,4-7H2,1H3,(H2,13,17). The molecule has 1 aromatic carbocycles. The molecule has 20 heavy (non-hydrogen) atoms. The average Bonchev–Trinajstić information content (AvgIpc) is 2.42. The van der Waals surface area contributed by atoms with E-state index < -0.39 is 10.8 Å². The summed E-state index contributed by atoms with van der Waals surface area (Å²) in [5, 5.41) is 20.2. The van der Waals surface area contributed by atoms with Gasteiger partial charge >= 0.3 is 0 Å². The molecule has 1 amide bonds. The van der Waals surface area contributed by atoms with Crippen LogP contribution in [0.15, 0.2) is 18.2 Å². The molecule has 0 spiro atoms. The number of methoxy groups -OCH3 is 1. The third-order valence-electron chi connectivity index (χ3n) is 2.73. The number of primary amides is 1. The summed E-state index contributed by atoms with van der Waals surface area (Å²) < 4.78 is 4.94. The van der Waals surface area contributed by atoms with Crippen LogP contribution in [0.5, 0.6) is 0 Å². The van der Waals surface area contributed by atoms with Crippen molar-refractivity contribution in [2.24, 2.45) is 5.73 Å². The Labute approximate surface area is 115 Å². The van der Waals surface area contributed by atoms with E-state index in [1.165, 1.54) is 19.2 Å². The molecule has 1 aromatic rings. The van der Waals surface area contributed by atoms with Crippen LogP contribution in [0.1, 0.15) is 10.4 Å². The Morgan fingerprint density at radius 2 is 2.20 bits per heavy atom. The van der Waals surface area contributed by atoms with Crippen molar-refractivity contribution in [2.75, 3.05) is 38.3 Å². The summed E-state index contributed by atoms with van der Waals surface area (Å²) in [7, 11) is 1.52. The lowest BCUT2D eigenvalue weighted by Crippen LogP contribution is -2.30. The highest BCUT2D eigenvalue weighted by molar-refractivity contribution is 5.94. The van der Waals surface area contributed by atoms with Crippen LogP contribution >= 0.6 is 0 Å². The number of carbonyl (C=O) groups is 1. The molecule has 0 aliphatic carbocycles. The molecule has 0 fully saturated rings. The zero-order valence-corrected chi connectivity index (χ0v) is 11.1. The van der Waals surface area contributed by atoms with E-state index in [2.05, 4.69) is 0 Å². The summed E-state index contributed by atoms with van der Waals surface area (Å²) in [6.07, 6.45) is 0. The summed E-state index contributed by atoms with van der Waals surface area (Å²) in [6, 6.07) is 4.00. The van der Waals surface area contributed by atoms with Gasteiger partial charge in [0.15, 0.2) is 0 Å². The SMILES string of the molecule is COCCN(CCO)c1ccc(C(N)=O)cc1[N+](=O)[O-]. The third-order valence-corrected chi connectivity index (χ3v) is 2.73. The molecule has 8 heteroatoms. The quantitative estimate of drug-likeness (QED) is 0.517. The minimum atomic E-state index is -0.731. The highest BCUT2D eigenvalue weighted by Gasteiger charge is 2.21. The van der Waals surface area contributed by atoms with E-state index in [0.29, 0.717) is 18.8 Å². The van der Waals surface area contributed by atoms with Gasteiger partial charge in [0.1, 0.15) is 5.69 Å². The fraction of sp³-hybridized carbons (Fsp3) is 0.417. The normalized spacial score (nSPS) is 10.3. The highest BCUT2D eigenvalue weighted by Crippen LogP contribution is 2.29. The molecular formula is C12H17N3O5. The molecule has 0 saturated heterocycles. The molecule has 0 aromatic heterocycles. The number of hydrogen-bond acceptors (Lipinski definition) is 6. The molecular weight excluding hydrogens is 266 g/mol. The fourth-order valence-electron chi connectivity index (χ4n) is 1.77. The first kappa shape index (κ1) is 15.9. The lowest BCUT2D eigenvalue weighted by molar-refractivity contribution is -0.384. The fourth-order valence-corrected chi connectivity index (χ4v) is 1.77. The number of amides is 1. The van der Waals surface area contributed by atoms with Crippen LogP contribution in [0.3, 0.4) is 0 Å². The van der Waals surface area contributed by atoms with Gasteiger partial charge in [0, 0.05) is 31.8 Å². The molecule has 3 N–H and O–H groups in total. The van der Waals surface area contributed by atoms with E-state index in [1.807, 2.05) is 0 Å². The van der Waals surface area contributed by atoms with E-state index in [4.69, 9.17) is 15.6 Å². The van der Waals surface area contributed by atoms with Gasteiger partial charge in [0.2, 0.25) is 5.91 Å². The number of aliphatic hydroxyl groups excluding tert-OH is 1. The van der Waals surface area contributed by atoms with Crippen LogP contribution < -0.4 is 10.6 Å². The molecule has 0 aliphatic rings. The molecule has 0 unspecified atom stereocenters. The number of aliphatic hydroxyl groups is 1. The van der Waals surface area contributed by atoms with E-state index in [9.17, 15) is 14.9 Å². The summed E-state index contributed by atoms with van der Waals surface area (Å²) >= 11 is 0. The monoisotopic (exact) mass is 283 g/mol. The number of hydrogen-bond donors (Lipinski definition) is 2. The van der Waals surface area contributed by atoms with Gasteiger partial charge in [-0.15, -0.1) is 0 Å². The molecule has 0 radical (unpaired) electrons. The second-order valence-electron chi connectivity index (χ2n) is 4.03. The lowest BCUT2D eigenvalue weighted by atomic mass is 10.1. The molecule has 0 bridgehead atoms. The number of nitro benzene ring substituents is 1. The highest BCUT2D eigenvalue weighted by atomic mass is 16.6. The van der Waals surface area contributed by atoms with Crippen molar-refractivity contribution in [3.05, 3.63) is 33.9 Å². The smallest absolute Gasteiger partial charge is 0.293 e. The van der Waals surface area contributed by atoms with Crippen molar-refractivity contribution in [1.82, 2.24) is 0 Å². The number of rotatable bonds is 8. The van der Waals surface area contributed by atoms with E-state index in [0.717, 1.165) is 6.07 Å². The third kappa shape index (κ3) is 3.90. The summed E-state index contributed by atoms with van der Waals surface area (Å²) in [5.41, 5.74) is 5.26. The second-order valence-corrected chi connectivity index (χ2v) is 4.03. The van der Waals surface area contributed by atoms with Gasteiger partial charge in [-0.2, -0.15) is 0 Å². The summed E-state index contributed by atoms with van der Waals surface area (Å²) in [6.45, 7) is 0.807. The van der Waals surface area contributed by atoms with Crippen LogP contribution in [0.4, 0.5) is 11.4 Å². The first-order valence-electron chi connectivity index (χ1n) is 5.94. The topological polar surface area (TPSA) is 119 Å². The number of ether oxygens (including phenoxy) is 1. The maximum absolute atomic E-state index is 11.1. The molecule has 110 valence electrons. The van der Waals surface area contributed by atoms with Crippen LogP contribution in [-0.2, 0) is 4.74 Å². The predicted octanol–water partition coefficient (Wildman–Crippen LogP) is 0.139. The number of nitrogens with zero attached hydrogens (tertiary/aromatic N) is 2. The van der Waals surface area contributed by atoms with Gasteiger partial charge in [-0.25, -0.2) is 0 Å². The van der Waals surface area contributed by atoms with E-state index in [1.54, 1.807) is 4.90 Å². The molecule has 8 nitrogen and oxygen atoms in total. The van der Waals surface area contributed by atoms with Gasteiger partial charge in [-0.3, -0.25) is 14.9 Å². The number of benzene rings is 1. The van der Waals surface area contributed by atoms with Crippen molar-refractivity contribution in [3.63, 3.8) is 0 Å². The maximum Gasteiger partial charge on any atom is 0.293 e. The van der Waals surface area contributed by atoms with Gasteiger partial charge in [-0.1, -0.05) is 0 Å². The van der Waals surface area contributed by atoms with Crippen molar-refractivity contribution in [2.45, 2.75) is 0 Å². The van der Waals surface area contributed by atoms with Crippen molar-refractivity contribution < 1.29 is 19.6 Å². The molecule has 0 saturated carbocycles. The lowest BCUT2D eigenvalue weighted by Gasteiger charge is -2.23. The van der Waals surface area contributed by atoms with Crippen LogP contribution in [-0.4, -0.2) is 49.4 Å². The summed E-state index contributed by atoms with van der Waals surface area (Å²) in [5.74, 6) is -0.731. The summed E-state index contributed by atoms with van der Waals surface area (Å²) in [4.78, 5) is 23.2. The van der Waals surface area contributed by atoms with Gasteiger partial charge in [0.05, 0.1) is 18.1 Å².